The standard InChI is InChI=1S/C15H21NO3/c1-11-5-3-6-12-13(7-4-9-19-15(11)12)16-14(17)8-10-18-2/h3,5-6,13H,4,7-10H2,1-2H3,(H,16,17). The van der Waals surface area contributed by atoms with Crippen LogP contribution in [0.25, 0.3) is 0 Å². The van der Waals surface area contributed by atoms with Crippen LogP contribution in [0.1, 0.15) is 36.4 Å². The molecule has 1 heterocycles. The van der Waals surface area contributed by atoms with Gasteiger partial charge in [0.2, 0.25) is 5.91 Å². The van der Waals surface area contributed by atoms with Crippen molar-refractivity contribution in [1.82, 2.24) is 5.32 Å². The van der Waals surface area contributed by atoms with E-state index in [0.717, 1.165) is 29.7 Å². The van der Waals surface area contributed by atoms with E-state index in [1.807, 2.05) is 25.1 Å². The summed E-state index contributed by atoms with van der Waals surface area (Å²) in [7, 11) is 1.60. The molecule has 4 nitrogen and oxygen atoms in total. The van der Waals surface area contributed by atoms with Gasteiger partial charge in [-0.2, -0.15) is 0 Å². The lowest BCUT2D eigenvalue weighted by Crippen LogP contribution is -2.29. The molecule has 1 unspecified atom stereocenters. The van der Waals surface area contributed by atoms with Gasteiger partial charge in [0.25, 0.3) is 0 Å². The Balaban J connectivity index is 2.13. The molecule has 1 amide bonds. The molecule has 0 radical (unpaired) electrons. The highest BCUT2D eigenvalue weighted by Crippen LogP contribution is 2.33. The molecule has 104 valence electrons. The number of hydrogen-bond donors (Lipinski definition) is 1. The number of para-hydroxylation sites is 1. The van der Waals surface area contributed by atoms with Gasteiger partial charge in [-0.3, -0.25) is 4.79 Å². The minimum Gasteiger partial charge on any atom is -0.493 e. The molecule has 0 spiro atoms. The van der Waals surface area contributed by atoms with Crippen LogP contribution in [0.4, 0.5) is 0 Å². The smallest absolute Gasteiger partial charge is 0.222 e. The normalized spacial score (nSPS) is 18.1. The zero-order valence-electron chi connectivity index (χ0n) is 11.6. The molecular weight excluding hydrogens is 242 g/mol. The number of rotatable bonds is 4. The fourth-order valence-electron chi connectivity index (χ4n) is 2.38. The summed E-state index contributed by atoms with van der Waals surface area (Å²) in [5.41, 5.74) is 2.21. The Labute approximate surface area is 114 Å². The first-order valence-corrected chi connectivity index (χ1v) is 6.73. The monoisotopic (exact) mass is 263 g/mol. The van der Waals surface area contributed by atoms with Gasteiger partial charge in [0.1, 0.15) is 5.75 Å². The molecule has 0 aromatic heterocycles. The molecule has 1 aromatic rings. The summed E-state index contributed by atoms with van der Waals surface area (Å²) in [6.07, 6.45) is 2.26. The molecule has 1 aromatic carbocycles. The molecule has 1 aliphatic rings. The van der Waals surface area contributed by atoms with Gasteiger partial charge < -0.3 is 14.8 Å². The Kier molecular flexibility index (Phi) is 4.80. The van der Waals surface area contributed by atoms with Crippen LogP contribution >= 0.6 is 0 Å². The Morgan fingerprint density at radius 2 is 2.37 bits per heavy atom. The molecular formula is C15H21NO3. The number of methoxy groups -OCH3 is 1. The minimum absolute atomic E-state index is 0.0289. The second-order valence-electron chi connectivity index (χ2n) is 4.85. The highest BCUT2D eigenvalue weighted by atomic mass is 16.5. The molecule has 1 atom stereocenters. The van der Waals surface area contributed by atoms with Crippen molar-refractivity contribution in [3.63, 3.8) is 0 Å². The summed E-state index contributed by atoms with van der Waals surface area (Å²) in [6, 6.07) is 6.13. The van der Waals surface area contributed by atoms with Crippen molar-refractivity contribution < 1.29 is 14.3 Å². The largest absolute Gasteiger partial charge is 0.493 e. The predicted molar refractivity (Wildman–Crippen MR) is 73.3 cm³/mol. The quantitative estimate of drug-likeness (QED) is 0.907. The maximum absolute atomic E-state index is 11.8. The first-order chi connectivity index (χ1) is 9.22. The van der Waals surface area contributed by atoms with Gasteiger partial charge in [0.05, 0.1) is 19.3 Å². The molecule has 19 heavy (non-hydrogen) atoms. The van der Waals surface area contributed by atoms with Crippen LogP contribution in [0, 0.1) is 6.92 Å². The number of carbonyl (C=O) groups is 1. The van der Waals surface area contributed by atoms with Crippen molar-refractivity contribution in [3.8, 4) is 5.75 Å². The van der Waals surface area contributed by atoms with E-state index in [1.54, 1.807) is 7.11 Å². The maximum atomic E-state index is 11.8. The van der Waals surface area contributed by atoms with Crippen LogP contribution in [-0.2, 0) is 9.53 Å². The van der Waals surface area contributed by atoms with E-state index in [-0.39, 0.29) is 11.9 Å². The number of fused-ring (bicyclic) bond motifs is 1. The predicted octanol–water partition coefficient (Wildman–Crippen LogP) is 2.36. The van der Waals surface area contributed by atoms with Crippen molar-refractivity contribution >= 4 is 5.91 Å². The van der Waals surface area contributed by atoms with Gasteiger partial charge in [-0.15, -0.1) is 0 Å². The number of nitrogens with one attached hydrogen (secondary N) is 1. The van der Waals surface area contributed by atoms with Crippen molar-refractivity contribution in [1.29, 1.82) is 0 Å². The molecule has 4 heteroatoms. The molecule has 0 aliphatic carbocycles. The van der Waals surface area contributed by atoms with Gasteiger partial charge in [0.15, 0.2) is 0 Å². The molecule has 0 bridgehead atoms. The number of aryl methyl sites for hydroxylation is 1. The summed E-state index contributed by atoms with van der Waals surface area (Å²) >= 11 is 0. The van der Waals surface area contributed by atoms with Crippen molar-refractivity contribution in [2.75, 3.05) is 20.3 Å². The third-order valence-corrected chi connectivity index (χ3v) is 3.37. The van der Waals surface area contributed by atoms with Crippen LogP contribution in [0.5, 0.6) is 5.75 Å². The number of hydrogen-bond acceptors (Lipinski definition) is 3. The van der Waals surface area contributed by atoms with E-state index in [0.29, 0.717) is 19.6 Å². The molecule has 0 saturated heterocycles. The second kappa shape index (κ2) is 6.57. The maximum Gasteiger partial charge on any atom is 0.222 e. The van der Waals surface area contributed by atoms with Crippen molar-refractivity contribution in [3.05, 3.63) is 29.3 Å². The Morgan fingerprint density at radius 1 is 1.53 bits per heavy atom. The van der Waals surface area contributed by atoms with Gasteiger partial charge in [-0.1, -0.05) is 18.2 Å². The van der Waals surface area contributed by atoms with Crippen LogP contribution in [-0.4, -0.2) is 26.2 Å². The molecule has 0 fully saturated rings. The topological polar surface area (TPSA) is 47.6 Å². The molecule has 2 rings (SSSR count). The van der Waals surface area contributed by atoms with E-state index in [4.69, 9.17) is 9.47 Å². The summed E-state index contributed by atoms with van der Waals surface area (Å²) in [4.78, 5) is 11.8. The number of benzene rings is 1. The Morgan fingerprint density at radius 3 is 3.16 bits per heavy atom. The van der Waals surface area contributed by atoms with E-state index >= 15 is 0 Å². The van der Waals surface area contributed by atoms with Gasteiger partial charge in [-0.05, 0) is 25.3 Å². The molecule has 1 N–H and O–H groups in total. The summed E-state index contributed by atoms with van der Waals surface area (Å²) in [5.74, 6) is 0.957. The van der Waals surface area contributed by atoms with Crippen molar-refractivity contribution in [2.45, 2.75) is 32.2 Å². The average Bonchev–Trinajstić information content (AvgIpc) is 2.60. The lowest BCUT2D eigenvalue weighted by atomic mass is 9.99. The van der Waals surface area contributed by atoms with Crippen molar-refractivity contribution in [2.24, 2.45) is 0 Å². The summed E-state index contributed by atoms with van der Waals surface area (Å²) in [5, 5.41) is 3.08. The second-order valence-corrected chi connectivity index (χ2v) is 4.85. The number of carbonyl (C=O) groups excluding carboxylic acids is 1. The fraction of sp³-hybridized carbons (Fsp3) is 0.533. The van der Waals surface area contributed by atoms with Gasteiger partial charge in [0, 0.05) is 19.1 Å². The van der Waals surface area contributed by atoms with Crippen LogP contribution < -0.4 is 10.1 Å². The first-order valence-electron chi connectivity index (χ1n) is 6.73. The zero-order chi connectivity index (χ0) is 13.7. The van der Waals surface area contributed by atoms with E-state index in [9.17, 15) is 4.79 Å². The lowest BCUT2D eigenvalue weighted by molar-refractivity contribution is -0.122. The Hall–Kier alpha value is -1.55. The van der Waals surface area contributed by atoms with E-state index < -0.39 is 0 Å². The highest BCUT2D eigenvalue weighted by Gasteiger charge is 2.22. The van der Waals surface area contributed by atoms with Gasteiger partial charge >= 0.3 is 0 Å². The third-order valence-electron chi connectivity index (χ3n) is 3.37. The van der Waals surface area contributed by atoms with E-state index in [1.165, 1.54) is 0 Å². The van der Waals surface area contributed by atoms with Crippen LogP contribution in [0.2, 0.25) is 0 Å². The zero-order valence-corrected chi connectivity index (χ0v) is 11.6. The minimum atomic E-state index is 0.0289. The van der Waals surface area contributed by atoms with Gasteiger partial charge in [-0.25, -0.2) is 0 Å². The average molecular weight is 263 g/mol. The molecule has 1 aliphatic heterocycles. The number of ether oxygens (including phenoxy) is 2. The number of amides is 1. The third kappa shape index (κ3) is 3.47. The SMILES string of the molecule is COCCC(=O)NC1CCCOc2c(C)cccc21. The van der Waals surface area contributed by atoms with Crippen LogP contribution in [0.15, 0.2) is 18.2 Å². The summed E-state index contributed by atoms with van der Waals surface area (Å²) < 4.78 is 10.7. The van der Waals surface area contributed by atoms with E-state index in [2.05, 4.69) is 5.32 Å². The fourth-order valence-corrected chi connectivity index (χ4v) is 2.38. The Bertz CT molecular complexity index is 445. The lowest BCUT2D eigenvalue weighted by Gasteiger charge is -2.19. The van der Waals surface area contributed by atoms with Crippen LogP contribution in [0.3, 0.4) is 0 Å². The first kappa shape index (κ1) is 13.9. The molecule has 0 saturated carbocycles. The highest BCUT2D eigenvalue weighted by molar-refractivity contribution is 5.76. The summed E-state index contributed by atoms with van der Waals surface area (Å²) in [6.45, 7) is 3.20.